The Bertz CT molecular complexity index is 1410. The van der Waals surface area contributed by atoms with Gasteiger partial charge in [-0.05, 0) is 52.9 Å². The normalized spacial score (nSPS) is 15.9. The zero-order valence-corrected chi connectivity index (χ0v) is 28.9. The van der Waals surface area contributed by atoms with E-state index < -0.39 is 11.7 Å². The number of benzene rings is 3. The molecule has 1 heterocycles. The SMILES string of the molecule is COc1ccc(C(OCC2C[C@@H](O)CN2C(=O)CCOCCOCCOCCOCCN=[N+]=[N-])(c2ccccc2)c2ccc(OC)cc2)cc1. The zero-order chi connectivity index (χ0) is 35.4. The van der Waals surface area contributed by atoms with E-state index in [1.165, 1.54) is 0 Å². The minimum atomic E-state index is -1.03. The van der Waals surface area contributed by atoms with Crippen molar-refractivity contribution in [2.45, 2.75) is 30.6 Å². The van der Waals surface area contributed by atoms with Crippen molar-refractivity contribution >= 4 is 5.91 Å². The highest BCUT2D eigenvalue weighted by Crippen LogP contribution is 2.42. The molecule has 50 heavy (non-hydrogen) atoms. The van der Waals surface area contributed by atoms with Gasteiger partial charge in [0.05, 0.1) is 92.2 Å². The number of aliphatic hydroxyl groups is 1. The maximum Gasteiger partial charge on any atom is 0.225 e. The third-order valence-electron chi connectivity index (χ3n) is 8.35. The largest absolute Gasteiger partial charge is 0.497 e. The number of β-amino-alcohol motifs (C(OH)–C–C–N with tert-alkyl or cyclic N) is 1. The standard InChI is InChI=1S/C37H48N4O9/c1-44-34-12-8-30(9-13-34)37(29-6-4-3-5-7-29,31-10-14-35(45-2)15-11-31)50-28-32-26-33(42)27-41(32)36(43)16-18-46-20-22-48-24-25-49-23-21-47-19-17-39-40-38/h3-15,32-33,42H,16-28H2,1-2H3/t32?,33-/m1/s1. The maximum absolute atomic E-state index is 13.4. The first kappa shape index (κ1) is 38.6. The van der Waals surface area contributed by atoms with E-state index in [0.717, 1.165) is 28.2 Å². The lowest BCUT2D eigenvalue weighted by Gasteiger charge is -2.38. The Hall–Kier alpha value is -4.20. The molecule has 0 bridgehead atoms. The van der Waals surface area contributed by atoms with Gasteiger partial charge >= 0.3 is 0 Å². The summed E-state index contributed by atoms with van der Waals surface area (Å²) in [6.07, 6.45) is -0.0748. The van der Waals surface area contributed by atoms with Gasteiger partial charge < -0.3 is 43.2 Å². The molecule has 1 amide bonds. The molecule has 1 unspecified atom stereocenters. The van der Waals surface area contributed by atoms with Crippen LogP contribution >= 0.6 is 0 Å². The number of carbonyl (C=O) groups excluding carboxylic acids is 1. The molecule has 1 N–H and O–H groups in total. The Labute approximate surface area is 293 Å². The number of rotatable bonds is 23. The highest BCUT2D eigenvalue weighted by molar-refractivity contribution is 5.77. The molecule has 0 saturated carbocycles. The van der Waals surface area contributed by atoms with E-state index in [9.17, 15) is 9.90 Å². The van der Waals surface area contributed by atoms with Crippen molar-refractivity contribution in [3.05, 3.63) is 106 Å². The monoisotopic (exact) mass is 692 g/mol. The molecule has 1 saturated heterocycles. The third-order valence-corrected chi connectivity index (χ3v) is 8.35. The molecule has 0 aliphatic carbocycles. The summed E-state index contributed by atoms with van der Waals surface area (Å²) >= 11 is 0. The second-order valence-electron chi connectivity index (χ2n) is 11.6. The van der Waals surface area contributed by atoms with Crippen LogP contribution in [0.3, 0.4) is 0 Å². The number of hydrogen-bond donors (Lipinski definition) is 1. The van der Waals surface area contributed by atoms with E-state index in [1.807, 2.05) is 78.9 Å². The number of azide groups is 1. The van der Waals surface area contributed by atoms with E-state index in [4.69, 9.17) is 38.7 Å². The minimum Gasteiger partial charge on any atom is -0.497 e. The first-order valence-corrected chi connectivity index (χ1v) is 16.8. The smallest absolute Gasteiger partial charge is 0.225 e. The molecule has 270 valence electrons. The van der Waals surface area contributed by atoms with Crippen LogP contribution in [0.15, 0.2) is 84.0 Å². The predicted molar refractivity (Wildman–Crippen MR) is 186 cm³/mol. The summed E-state index contributed by atoms with van der Waals surface area (Å²) in [4.78, 5) is 17.8. The Balaban J connectivity index is 1.32. The fourth-order valence-electron chi connectivity index (χ4n) is 5.87. The van der Waals surface area contributed by atoms with E-state index in [2.05, 4.69) is 10.0 Å². The van der Waals surface area contributed by atoms with Crippen LogP contribution in [0.4, 0.5) is 0 Å². The average molecular weight is 693 g/mol. The van der Waals surface area contributed by atoms with Crippen molar-refractivity contribution in [3.8, 4) is 11.5 Å². The summed E-state index contributed by atoms with van der Waals surface area (Å²) in [5, 5.41) is 14.1. The van der Waals surface area contributed by atoms with Crippen LogP contribution in [-0.2, 0) is 34.1 Å². The van der Waals surface area contributed by atoms with E-state index >= 15 is 0 Å². The fraction of sp³-hybridized carbons (Fsp3) is 0.486. The van der Waals surface area contributed by atoms with Gasteiger partial charge in [-0.3, -0.25) is 4.79 Å². The summed E-state index contributed by atoms with van der Waals surface area (Å²) in [5.41, 5.74) is 9.89. The Morgan fingerprint density at radius 1 is 0.780 bits per heavy atom. The van der Waals surface area contributed by atoms with Crippen LogP contribution in [0.25, 0.3) is 10.4 Å². The molecule has 3 aromatic carbocycles. The van der Waals surface area contributed by atoms with Crippen LogP contribution in [0.5, 0.6) is 11.5 Å². The summed E-state index contributed by atoms with van der Waals surface area (Å²) in [5.74, 6) is 1.34. The van der Waals surface area contributed by atoms with Crippen molar-refractivity contribution in [3.63, 3.8) is 0 Å². The molecule has 1 aliphatic rings. The number of likely N-dealkylation sites (tertiary alicyclic amines) is 1. The lowest BCUT2D eigenvalue weighted by molar-refractivity contribution is -0.135. The number of aliphatic hydroxyl groups excluding tert-OH is 1. The molecule has 1 aliphatic heterocycles. The number of amides is 1. The quantitative estimate of drug-likeness (QED) is 0.0488. The van der Waals surface area contributed by atoms with Crippen LogP contribution in [0, 0.1) is 0 Å². The van der Waals surface area contributed by atoms with Gasteiger partial charge in [0, 0.05) is 18.0 Å². The van der Waals surface area contributed by atoms with Gasteiger partial charge in [0.25, 0.3) is 0 Å². The van der Waals surface area contributed by atoms with Gasteiger partial charge in [-0.15, -0.1) is 0 Å². The molecule has 2 atom stereocenters. The molecule has 13 heteroatoms. The van der Waals surface area contributed by atoms with E-state index in [0.29, 0.717) is 59.2 Å². The second-order valence-corrected chi connectivity index (χ2v) is 11.6. The highest BCUT2D eigenvalue weighted by atomic mass is 16.6. The molecule has 13 nitrogen and oxygen atoms in total. The van der Waals surface area contributed by atoms with Gasteiger partial charge in [-0.2, -0.15) is 0 Å². The Kier molecular flexibility index (Phi) is 16.3. The summed E-state index contributed by atoms with van der Waals surface area (Å²) in [6.45, 7) is 3.69. The first-order valence-electron chi connectivity index (χ1n) is 16.8. The molecule has 4 rings (SSSR count). The fourth-order valence-corrected chi connectivity index (χ4v) is 5.87. The Morgan fingerprint density at radius 3 is 1.80 bits per heavy atom. The van der Waals surface area contributed by atoms with Crippen molar-refractivity contribution in [1.29, 1.82) is 0 Å². The number of hydrogen-bond acceptors (Lipinski definition) is 10. The van der Waals surface area contributed by atoms with Crippen molar-refractivity contribution in [2.75, 3.05) is 86.8 Å². The third kappa shape index (κ3) is 11.2. The maximum atomic E-state index is 13.4. The average Bonchev–Trinajstić information content (AvgIpc) is 3.54. The van der Waals surface area contributed by atoms with E-state index in [-0.39, 0.29) is 38.1 Å². The second kappa shape index (κ2) is 21.1. The lowest BCUT2D eigenvalue weighted by Crippen LogP contribution is -2.42. The van der Waals surface area contributed by atoms with Gasteiger partial charge in [-0.1, -0.05) is 59.7 Å². The van der Waals surface area contributed by atoms with Crippen molar-refractivity contribution < 1.29 is 43.1 Å². The van der Waals surface area contributed by atoms with E-state index in [1.54, 1.807) is 19.1 Å². The lowest BCUT2D eigenvalue weighted by atomic mass is 9.80. The topological polar surface area (TPSA) is 154 Å². The first-order chi connectivity index (χ1) is 24.5. The van der Waals surface area contributed by atoms with Gasteiger partial charge in [-0.25, -0.2) is 0 Å². The summed E-state index contributed by atoms with van der Waals surface area (Å²) in [6, 6.07) is 25.2. The summed E-state index contributed by atoms with van der Waals surface area (Å²) < 4.78 is 39.8. The highest BCUT2D eigenvalue weighted by Gasteiger charge is 2.41. The molecule has 3 aromatic rings. The minimum absolute atomic E-state index is 0.106. The van der Waals surface area contributed by atoms with Crippen molar-refractivity contribution in [2.24, 2.45) is 5.11 Å². The van der Waals surface area contributed by atoms with Gasteiger partial charge in [0.15, 0.2) is 0 Å². The zero-order valence-electron chi connectivity index (χ0n) is 28.9. The molecule has 0 radical (unpaired) electrons. The van der Waals surface area contributed by atoms with Crippen molar-refractivity contribution in [1.82, 2.24) is 4.90 Å². The van der Waals surface area contributed by atoms with Crippen LogP contribution < -0.4 is 9.47 Å². The van der Waals surface area contributed by atoms with Gasteiger partial charge in [0.1, 0.15) is 17.1 Å². The molecular weight excluding hydrogens is 644 g/mol. The van der Waals surface area contributed by atoms with Crippen LogP contribution in [0.1, 0.15) is 29.5 Å². The predicted octanol–water partition coefficient (Wildman–Crippen LogP) is 4.74. The molecule has 0 aromatic heterocycles. The molecule has 0 spiro atoms. The molecular formula is C37H48N4O9. The van der Waals surface area contributed by atoms with Gasteiger partial charge in [0.2, 0.25) is 5.91 Å². The number of nitrogens with zero attached hydrogens (tertiary/aromatic N) is 4. The number of ether oxygens (including phenoxy) is 7. The Morgan fingerprint density at radius 2 is 1.28 bits per heavy atom. The summed E-state index contributed by atoms with van der Waals surface area (Å²) in [7, 11) is 3.26. The molecule has 1 fully saturated rings. The van der Waals surface area contributed by atoms with Crippen LogP contribution in [0.2, 0.25) is 0 Å². The number of carbonyl (C=O) groups is 1. The number of methoxy groups -OCH3 is 2. The van der Waals surface area contributed by atoms with Crippen LogP contribution in [-0.4, -0.2) is 115 Å².